The summed E-state index contributed by atoms with van der Waals surface area (Å²) in [7, 11) is 0. The normalized spacial score (nSPS) is 18.0. The number of carbonyl (C=O) groups excluding carboxylic acids is 1. The van der Waals surface area contributed by atoms with Crippen LogP contribution in [0.1, 0.15) is 24.0 Å². The van der Waals surface area contributed by atoms with Gasteiger partial charge in [-0.1, -0.05) is 30.3 Å². The van der Waals surface area contributed by atoms with Crippen LogP contribution >= 0.6 is 0 Å². The van der Waals surface area contributed by atoms with Crippen LogP contribution in [0.2, 0.25) is 0 Å². The summed E-state index contributed by atoms with van der Waals surface area (Å²) in [5, 5.41) is 10.8. The molecule has 134 valence electrons. The molecule has 2 aromatic rings. The second kappa shape index (κ2) is 7.90. The van der Waals surface area contributed by atoms with Gasteiger partial charge in [-0.05, 0) is 35.4 Å². The van der Waals surface area contributed by atoms with Crippen LogP contribution in [0, 0.1) is 5.82 Å². The smallest absolute Gasteiger partial charge is 0.549 e. The molecule has 4 nitrogen and oxygen atoms in total. The van der Waals surface area contributed by atoms with Gasteiger partial charge < -0.3 is 14.6 Å². The Labute approximate surface area is 169 Å². The number of likely N-dealkylation sites (tertiary alicyclic amines) is 1. The topological polar surface area (TPSA) is 52.6 Å². The molecule has 2 aliphatic rings. The van der Waals surface area contributed by atoms with Crippen LogP contribution in [0.5, 0.6) is 5.75 Å². The van der Waals surface area contributed by atoms with Gasteiger partial charge in [-0.3, -0.25) is 4.90 Å². The number of carbonyl (C=O) groups is 1. The third-order valence-electron chi connectivity index (χ3n) is 5.09. The number of halogens is 1. The zero-order valence-electron chi connectivity index (χ0n) is 15.3. The summed E-state index contributed by atoms with van der Waals surface area (Å²) >= 11 is 0. The van der Waals surface area contributed by atoms with Gasteiger partial charge in [0.2, 0.25) is 0 Å². The van der Waals surface area contributed by atoms with E-state index in [1.165, 1.54) is 12.1 Å². The second-order valence-electron chi connectivity index (χ2n) is 6.88. The van der Waals surface area contributed by atoms with Crippen molar-refractivity contribution < 1.29 is 37.9 Å². The Balaban J connectivity index is 0.00000210. The number of ether oxygens (including phenoxy) is 1. The van der Waals surface area contributed by atoms with Gasteiger partial charge in [0, 0.05) is 38.0 Å². The van der Waals surface area contributed by atoms with Crippen LogP contribution in [0.3, 0.4) is 0 Å². The first-order chi connectivity index (χ1) is 12.5. The maximum Gasteiger partial charge on any atom is 1.00 e. The summed E-state index contributed by atoms with van der Waals surface area (Å²) < 4.78 is 20.1. The number of carboxylic acid groups (broad SMARTS) is 1. The Hall–Kier alpha value is -2.06. The van der Waals surface area contributed by atoms with Crippen molar-refractivity contribution >= 4 is 11.5 Å². The van der Waals surface area contributed by atoms with Gasteiger partial charge in [0.25, 0.3) is 0 Å². The predicted molar refractivity (Wildman–Crippen MR) is 94.0 cm³/mol. The van der Waals surface area contributed by atoms with Crippen LogP contribution in [0.4, 0.5) is 4.39 Å². The molecule has 0 atom stereocenters. The standard InChI is InChI=1S/C21H20FNO3.Li/c22-16-6-7-19-17(12-16)18(15-4-2-1-3-5-15)13-21(26-19)8-10-23(11-9-21)14-20(24)25;/h1-7,12-13H,8-11,14H2,(H,24,25);/q;+1/p-1. The van der Waals surface area contributed by atoms with Crippen molar-refractivity contribution in [2.75, 3.05) is 19.6 Å². The zero-order chi connectivity index (χ0) is 18.1. The number of fused-ring (bicyclic) bond motifs is 1. The Morgan fingerprint density at radius 2 is 1.85 bits per heavy atom. The van der Waals surface area contributed by atoms with E-state index >= 15 is 0 Å². The van der Waals surface area contributed by atoms with E-state index in [-0.39, 0.29) is 31.2 Å². The number of hydrogen-bond acceptors (Lipinski definition) is 4. The van der Waals surface area contributed by atoms with E-state index in [9.17, 15) is 14.3 Å². The summed E-state index contributed by atoms with van der Waals surface area (Å²) in [6, 6.07) is 14.5. The molecule has 1 saturated heterocycles. The van der Waals surface area contributed by atoms with E-state index in [0.717, 1.165) is 16.7 Å². The van der Waals surface area contributed by atoms with Crippen LogP contribution in [0.25, 0.3) is 5.57 Å². The number of aliphatic carboxylic acids is 1. The average Bonchev–Trinajstić information content (AvgIpc) is 2.64. The molecule has 2 aliphatic heterocycles. The monoisotopic (exact) mass is 359 g/mol. The Bertz CT molecular complexity index is 861. The molecule has 0 aromatic heterocycles. The van der Waals surface area contributed by atoms with Gasteiger partial charge in [0.1, 0.15) is 17.2 Å². The number of hydrogen-bond donors (Lipinski definition) is 0. The largest absolute Gasteiger partial charge is 1.00 e. The fourth-order valence-corrected chi connectivity index (χ4v) is 3.77. The fraction of sp³-hybridized carbons (Fsp3) is 0.286. The molecular weight excluding hydrogens is 340 g/mol. The number of carboxylic acids is 1. The molecule has 0 unspecified atom stereocenters. The van der Waals surface area contributed by atoms with Gasteiger partial charge in [0.05, 0.1) is 5.97 Å². The molecule has 1 spiro atoms. The minimum absolute atomic E-state index is 0. The van der Waals surface area contributed by atoms with Gasteiger partial charge in [-0.15, -0.1) is 0 Å². The Morgan fingerprint density at radius 3 is 2.52 bits per heavy atom. The van der Waals surface area contributed by atoms with E-state index < -0.39 is 11.6 Å². The van der Waals surface area contributed by atoms with Gasteiger partial charge in [0.15, 0.2) is 0 Å². The first-order valence-electron chi connectivity index (χ1n) is 8.74. The van der Waals surface area contributed by atoms with E-state index in [2.05, 4.69) is 6.08 Å². The SMILES string of the molecule is O=C([O-])CN1CCC2(C=C(c3ccccc3)c3cc(F)ccc3O2)CC1.[Li+]. The summed E-state index contributed by atoms with van der Waals surface area (Å²) in [4.78, 5) is 12.7. The number of benzene rings is 2. The van der Waals surface area contributed by atoms with Gasteiger partial charge in [-0.25, -0.2) is 4.39 Å². The van der Waals surface area contributed by atoms with Gasteiger partial charge >= 0.3 is 18.9 Å². The molecule has 2 aromatic carbocycles. The minimum Gasteiger partial charge on any atom is -0.549 e. The molecule has 0 bridgehead atoms. The van der Waals surface area contributed by atoms with Crippen molar-refractivity contribution in [2.45, 2.75) is 18.4 Å². The quantitative estimate of drug-likeness (QED) is 0.676. The van der Waals surface area contributed by atoms with E-state index in [4.69, 9.17) is 4.74 Å². The van der Waals surface area contributed by atoms with E-state index in [1.54, 1.807) is 6.07 Å². The number of nitrogens with zero attached hydrogens (tertiary/aromatic N) is 1. The zero-order valence-corrected chi connectivity index (χ0v) is 15.3. The maximum atomic E-state index is 13.8. The summed E-state index contributed by atoms with van der Waals surface area (Å²) in [5.74, 6) is -0.693. The number of rotatable bonds is 3. The molecule has 27 heavy (non-hydrogen) atoms. The van der Waals surface area contributed by atoms with Crippen molar-refractivity contribution in [2.24, 2.45) is 0 Å². The predicted octanol–water partition coefficient (Wildman–Crippen LogP) is -0.762. The van der Waals surface area contributed by atoms with Crippen molar-refractivity contribution in [3.63, 3.8) is 0 Å². The Morgan fingerprint density at radius 1 is 1.15 bits per heavy atom. The Kier molecular flexibility index (Phi) is 5.76. The molecule has 0 saturated carbocycles. The molecule has 1 fully saturated rings. The molecular formula is C21H19FLiNO3. The average molecular weight is 359 g/mol. The van der Waals surface area contributed by atoms with Crippen LogP contribution < -0.4 is 28.7 Å². The van der Waals surface area contributed by atoms with E-state index in [0.29, 0.717) is 31.7 Å². The second-order valence-corrected chi connectivity index (χ2v) is 6.88. The van der Waals surface area contributed by atoms with Crippen molar-refractivity contribution in [1.82, 2.24) is 4.90 Å². The van der Waals surface area contributed by atoms with Crippen LogP contribution in [-0.2, 0) is 4.79 Å². The van der Waals surface area contributed by atoms with E-state index in [1.807, 2.05) is 35.2 Å². The third-order valence-corrected chi connectivity index (χ3v) is 5.09. The first kappa shape index (κ1) is 19.7. The minimum atomic E-state index is -1.06. The maximum absolute atomic E-state index is 13.8. The molecule has 0 amide bonds. The first-order valence-corrected chi connectivity index (χ1v) is 8.74. The third kappa shape index (κ3) is 4.11. The molecule has 2 heterocycles. The van der Waals surface area contributed by atoms with Crippen LogP contribution in [0.15, 0.2) is 54.6 Å². The van der Waals surface area contributed by atoms with Gasteiger partial charge in [-0.2, -0.15) is 0 Å². The molecule has 0 N–H and O–H groups in total. The van der Waals surface area contributed by atoms with Crippen molar-refractivity contribution in [3.05, 3.63) is 71.6 Å². The molecule has 4 rings (SSSR count). The fourth-order valence-electron chi connectivity index (χ4n) is 3.77. The molecule has 0 aliphatic carbocycles. The molecule has 0 radical (unpaired) electrons. The summed E-state index contributed by atoms with van der Waals surface area (Å²) in [6.45, 7) is 1.17. The molecule has 6 heteroatoms. The number of piperidine rings is 1. The van der Waals surface area contributed by atoms with Crippen LogP contribution in [-0.4, -0.2) is 36.1 Å². The van der Waals surface area contributed by atoms with Crippen molar-refractivity contribution in [1.29, 1.82) is 0 Å². The summed E-state index contributed by atoms with van der Waals surface area (Å²) in [5.41, 5.74) is 2.22. The van der Waals surface area contributed by atoms with Crippen molar-refractivity contribution in [3.8, 4) is 5.75 Å². The summed E-state index contributed by atoms with van der Waals surface area (Å²) in [6.07, 6.45) is 3.43.